The zero-order valence-electron chi connectivity index (χ0n) is 17.3. The molecule has 3 aromatic rings. The van der Waals surface area contributed by atoms with E-state index in [2.05, 4.69) is 15.4 Å². The zero-order valence-corrected chi connectivity index (χ0v) is 18.1. The van der Waals surface area contributed by atoms with Gasteiger partial charge in [0.2, 0.25) is 10.0 Å². The molecule has 7 heteroatoms. The summed E-state index contributed by atoms with van der Waals surface area (Å²) in [4.78, 5) is 12.4. The lowest BCUT2D eigenvalue weighted by atomic mass is 10.1. The maximum absolute atomic E-state index is 12.8. The predicted molar refractivity (Wildman–Crippen MR) is 123 cm³/mol. The lowest BCUT2D eigenvalue weighted by Crippen LogP contribution is -2.27. The van der Waals surface area contributed by atoms with Crippen LogP contribution >= 0.6 is 0 Å². The Morgan fingerprint density at radius 3 is 2.19 bits per heavy atom. The molecule has 1 aliphatic carbocycles. The fourth-order valence-electron chi connectivity index (χ4n) is 3.75. The molecule has 0 aromatic heterocycles. The predicted octanol–water partition coefficient (Wildman–Crippen LogP) is 4.86. The second-order valence-electron chi connectivity index (χ2n) is 7.69. The highest BCUT2D eigenvalue weighted by Crippen LogP contribution is 2.26. The maximum Gasteiger partial charge on any atom is 0.323 e. The molecule has 0 aliphatic heterocycles. The highest BCUT2D eigenvalue weighted by Gasteiger charge is 2.21. The van der Waals surface area contributed by atoms with Crippen molar-refractivity contribution in [2.75, 3.05) is 10.6 Å². The number of benzene rings is 3. The number of amides is 2. The van der Waals surface area contributed by atoms with Crippen LogP contribution in [0.1, 0.15) is 36.1 Å². The summed E-state index contributed by atoms with van der Waals surface area (Å²) in [6.45, 7) is 1.80. The van der Waals surface area contributed by atoms with Crippen molar-refractivity contribution in [1.29, 1.82) is 0 Å². The Kier molecular flexibility index (Phi) is 6.06. The molecular weight excluding hydrogens is 410 g/mol. The number of nitrogens with one attached hydrogen (secondary N) is 3. The summed E-state index contributed by atoms with van der Waals surface area (Å²) in [6, 6.07) is 20.9. The molecule has 0 saturated heterocycles. The second kappa shape index (κ2) is 8.91. The number of carbonyl (C=O) groups is 1. The molecule has 0 spiro atoms. The number of para-hydroxylation sites is 1. The lowest BCUT2D eigenvalue weighted by Gasteiger charge is -2.16. The van der Waals surface area contributed by atoms with Gasteiger partial charge in [0.25, 0.3) is 0 Å². The van der Waals surface area contributed by atoms with Crippen LogP contribution in [-0.4, -0.2) is 14.4 Å². The number of carbonyl (C=O) groups excluding carboxylic acids is 1. The molecular formula is C24H25N3O3S. The van der Waals surface area contributed by atoms with Gasteiger partial charge < -0.3 is 10.6 Å². The van der Waals surface area contributed by atoms with Crippen molar-refractivity contribution >= 4 is 27.4 Å². The normalized spacial score (nSPS) is 14.0. The molecule has 31 heavy (non-hydrogen) atoms. The summed E-state index contributed by atoms with van der Waals surface area (Å²) >= 11 is 0. The summed E-state index contributed by atoms with van der Waals surface area (Å²) in [5.41, 5.74) is 4.49. The lowest BCUT2D eigenvalue weighted by molar-refractivity contribution is 0.262. The quantitative estimate of drug-likeness (QED) is 0.517. The Morgan fingerprint density at radius 1 is 0.839 bits per heavy atom. The van der Waals surface area contributed by atoms with Crippen molar-refractivity contribution < 1.29 is 13.2 Å². The summed E-state index contributed by atoms with van der Waals surface area (Å²) < 4.78 is 28.4. The zero-order chi connectivity index (χ0) is 21.8. The highest BCUT2D eigenvalue weighted by molar-refractivity contribution is 7.89. The van der Waals surface area contributed by atoms with Crippen molar-refractivity contribution in [3.8, 4) is 0 Å². The number of fused-ring (bicyclic) bond motifs is 1. The number of aryl methyl sites for hydroxylation is 2. The smallest absolute Gasteiger partial charge is 0.308 e. The van der Waals surface area contributed by atoms with Gasteiger partial charge in [0.1, 0.15) is 0 Å². The van der Waals surface area contributed by atoms with Gasteiger partial charge in [0, 0.05) is 17.4 Å². The van der Waals surface area contributed by atoms with E-state index in [0.717, 1.165) is 30.4 Å². The topological polar surface area (TPSA) is 87.3 Å². The third kappa shape index (κ3) is 5.13. The van der Waals surface area contributed by atoms with E-state index in [1.54, 1.807) is 55.5 Å². The van der Waals surface area contributed by atoms with E-state index in [-0.39, 0.29) is 6.03 Å². The van der Waals surface area contributed by atoms with Crippen LogP contribution in [0.3, 0.4) is 0 Å². The summed E-state index contributed by atoms with van der Waals surface area (Å²) in [6.07, 6.45) is 3.02. The van der Waals surface area contributed by atoms with E-state index in [1.807, 2.05) is 24.3 Å². The molecule has 0 heterocycles. The number of rotatable bonds is 6. The van der Waals surface area contributed by atoms with Gasteiger partial charge in [-0.1, -0.05) is 36.4 Å². The van der Waals surface area contributed by atoms with Gasteiger partial charge in [0.15, 0.2) is 0 Å². The molecule has 3 N–H and O–H groups in total. The molecule has 0 fully saturated rings. The molecule has 1 aliphatic rings. The highest BCUT2D eigenvalue weighted by atomic mass is 32.2. The largest absolute Gasteiger partial charge is 0.323 e. The number of hydrogen-bond donors (Lipinski definition) is 3. The number of sulfonamides is 1. The van der Waals surface area contributed by atoms with E-state index in [4.69, 9.17) is 0 Å². The van der Waals surface area contributed by atoms with Gasteiger partial charge in [0.05, 0.1) is 4.90 Å². The first kappa shape index (κ1) is 21.1. The third-order valence-corrected chi connectivity index (χ3v) is 6.95. The fraction of sp³-hybridized carbons (Fsp3) is 0.208. The van der Waals surface area contributed by atoms with Gasteiger partial charge >= 0.3 is 6.03 Å². The Balaban J connectivity index is 1.38. The minimum absolute atomic E-state index is 0.302. The Bertz CT molecular complexity index is 1180. The van der Waals surface area contributed by atoms with E-state index < -0.39 is 16.1 Å². The molecule has 4 rings (SSSR count). The molecule has 0 saturated carbocycles. The average Bonchev–Trinajstić information content (AvgIpc) is 3.22. The molecule has 160 valence electrons. The van der Waals surface area contributed by atoms with Crippen molar-refractivity contribution in [2.45, 2.75) is 37.1 Å². The van der Waals surface area contributed by atoms with Crippen LogP contribution in [0.25, 0.3) is 0 Å². The Hall–Kier alpha value is -3.16. The number of hydrogen-bond acceptors (Lipinski definition) is 3. The van der Waals surface area contributed by atoms with Crippen LogP contribution in [0.15, 0.2) is 77.7 Å². The standard InChI is InChI=1S/C24H25N3O3S/c1-17(27-31(29,30)23-15-12-19-6-5-7-20(19)16-23)18-10-13-22(14-11-18)26-24(28)25-21-8-3-2-4-9-21/h2-4,8-17,27H,5-7H2,1H3,(H2,25,26,28)/t17-/m0/s1. The van der Waals surface area contributed by atoms with Gasteiger partial charge in [-0.3, -0.25) is 0 Å². The third-order valence-electron chi connectivity index (χ3n) is 5.41. The maximum atomic E-state index is 12.8. The van der Waals surface area contributed by atoms with Crippen molar-refractivity contribution in [2.24, 2.45) is 0 Å². The van der Waals surface area contributed by atoms with Gasteiger partial charge in [-0.25, -0.2) is 17.9 Å². The number of anilines is 2. The second-order valence-corrected chi connectivity index (χ2v) is 9.41. The van der Waals surface area contributed by atoms with Crippen molar-refractivity contribution in [3.63, 3.8) is 0 Å². The molecule has 0 bridgehead atoms. The summed E-state index contributed by atoms with van der Waals surface area (Å²) in [7, 11) is -3.62. The van der Waals surface area contributed by atoms with Crippen LogP contribution < -0.4 is 15.4 Å². The number of urea groups is 1. The van der Waals surface area contributed by atoms with Crippen molar-refractivity contribution in [3.05, 3.63) is 89.5 Å². The van der Waals surface area contributed by atoms with Crippen LogP contribution in [0.4, 0.5) is 16.2 Å². The molecule has 1 atom stereocenters. The van der Waals surface area contributed by atoms with E-state index in [0.29, 0.717) is 16.3 Å². The molecule has 0 radical (unpaired) electrons. The van der Waals surface area contributed by atoms with E-state index in [9.17, 15) is 13.2 Å². The van der Waals surface area contributed by atoms with Gasteiger partial charge in [-0.15, -0.1) is 0 Å². The fourth-order valence-corrected chi connectivity index (χ4v) is 5.04. The van der Waals surface area contributed by atoms with Crippen molar-refractivity contribution in [1.82, 2.24) is 4.72 Å². The first-order chi connectivity index (χ1) is 14.9. The Morgan fingerprint density at radius 2 is 1.48 bits per heavy atom. The SMILES string of the molecule is C[C@H](NS(=O)(=O)c1ccc2c(c1)CCC2)c1ccc(NC(=O)Nc2ccccc2)cc1. The van der Waals surface area contributed by atoms with Crippen LogP contribution in [-0.2, 0) is 22.9 Å². The van der Waals surface area contributed by atoms with Gasteiger partial charge in [-0.2, -0.15) is 0 Å². The monoisotopic (exact) mass is 435 g/mol. The molecule has 3 aromatic carbocycles. The minimum Gasteiger partial charge on any atom is -0.308 e. The van der Waals surface area contributed by atoms with E-state index in [1.165, 1.54) is 5.56 Å². The Labute approximate surface area is 182 Å². The summed E-state index contributed by atoms with van der Waals surface area (Å²) in [5.74, 6) is 0. The van der Waals surface area contributed by atoms with Crippen LogP contribution in [0.2, 0.25) is 0 Å². The van der Waals surface area contributed by atoms with Crippen LogP contribution in [0, 0.1) is 0 Å². The first-order valence-electron chi connectivity index (χ1n) is 10.3. The first-order valence-corrected chi connectivity index (χ1v) is 11.8. The minimum atomic E-state index is -3.62. The van der Waals surface area contributed by atoms with Crippen LogP contribution in [0.5, 0.6) is 0 Å². The molecule has 2 amide bonds. The van der Waals surface area contributed by atoms with E-state index >= 15 is 0 Å². The van der Waals surface area contributed by atoms with Gasteiger partial charge in [-0.05, 0) is 79.3 Å². The molecule has 6 nitrogen and oxygen atoms in total. The summed E-state index contributed by atoms with van der Waals surface area (Å²) in [5, 5.41) is 5.52. The molecule has 0 unspecified atom stereocenters. The average molecular weight is 436 g/mol.